The number of nitrogens with zero attached hydrogens (tertiary/aromatic N) is 4. The molecule has 6 heteroatoms. The van der Waals surface area contributed by atoms with Crippen molar-refractivity contribution >= 4 is 28.7 Å². The average molecular weight is 302 g/mol. The minimum absolute atomic E-state index is 0.179. The number of anilines is 2. The van der Waals surface area contributed by atoms with Gasteiger partial charge in [0.05, 0.1) is 11.4 Å². The maximum atomic E-state index is 6.10. The molecule has 0 saturated heterocycles. The number of hydrazine groups is 1. The van der Waals surface area contributed by atoms with Gasteiger partial charge in [-0.25, -0.2) is 0 Å². The molecule has 5 nitrogen and oxygen atoms in total. The first-order valence-corrected chi connectivity index (χ1v) is 6.96. The Balaban J connectivity index is 1.92. The van der Waals surface area contributed by atoms with E-state index in [1.807, 2.05) is 66.6 Å². The SMILES string of the molecule is CN1c2ccc(Cl)cc2C(N=Nc2ccc(N)cc2)N1C. The van der Waals surface area contributed by atoms with Crippen LogP contribution in [0, 0.1) is 0 Å². The van der Waals surface area contributed by atoms with E-state index in [4.69, 9.17) is 17.3 Å². The molecule has 0 aliphatic carbocycles. The van der Waals surface area contributed by atoms with Gasteiger partial charge in [-0.1, -0.05) is 11.6 Å². The van der Waals surface area contributed by atoms with Crippen molar-refractivity contribution in [2.24, 2.45) is 10.2 Å². The quantitative estimate of drug-likeness (QED) is 0.673. The zero-order chi connectivity index (χ0) is 15.0. The second kappa shape index (κ2) is 5.35. The van der Waals surface area contributed by atoms with Crippen molar-refractivity contribution in [2.75, 3.05) is 24.8 Å². The van der Waals surface area contributed by atoms with Crippen LogP contribution in [-0.4, -0.2) is 19.1 Å². The van der Waals surface area contributed by atoms with Crippen LogP contribution in [0.2, 0.25) is 5.02 Å². The molecule has 1 atom stereocenters. The molecule has 1 aliphatic heterocycles. The van der Waals surface area contributed by atoms with E-state index in [2.05, 4.69) is 10.2 Å². The molecule has 108 valence electrons. The molecule has 0 amide bonds. The molecular weight excluding hydrogens is 286 g/mol. The van der Waals surface area contributed by atoms with Crippen LogP contribution in [0.1, 0.15) is 11.7 Å². The van der Waals surface area contributed by atoms with Crippen LogP contribution in [0.5, 0.6) is 0 Å². The van der Waals surface area contributed by atoms with E-state index in [0.717, 1.165) is 16.9 Å². The standard InChI is InChI=1S/C15H16ClN5/c1-20-14-8-3-10(16)9-13(14)15(21(20)2)19-18-12-6-4-11(17)5-7-12/h3-9,15H,17H2,1-2H3. The number of nitrogens with two attached hydrogens (primary N) is 1. The normalized spacial score (nSPS) is 18.4. The van der Waals surface area contributed by atoms with E-state index in [0.29, 0.717) is 10.7 Å². The van der Waals surface area contributed by atoms with Crippen LogP contribution in [0.15, 0.2) is 52.7 Å². The highest BCUT2D eigenvalue weighted by Crippen LogP contribution is 2.40. The summed E-state index contributed by atoms with van der Waals surface area (Å²) in [6.07, 6.45) is -0.179. The van der Waals surface area contributed by atoms with Gasteiger partial charge < -0.3 is 10.7 Å². The second-order valence-electron chi connectivity index (χ2n) is 4.98. The van der Waals surface area contributed by atoms with E-state index in [1.165, 1.54) is 0 Å². The zero-order valence-corrected chi connectivity index (χ0v) is 12.6. The first-order valence-electron chi connectivity index (χ1n) is 6.58. The van der Waals surface area contributed by atoms with Crippen molar-refractivity contribution in [3.8, 4) is 0 Å². The predicted molar refractivity (Wildman–Crippen MR) is 85.7 cm³/mol. The van der Waals surface area contributed by atoms with Crippen LogP contribution in [0.4, 0.5) is 17.1 Å². The molecule has 2 aromatic rings. The van der Waals surface area contributed by atoms with Gasteiger partial charge in [-0.3, -0.25) is 0 Å². The van der Waals surface area contributed by atoms with E-state index >= 15 is 0 Å². The number of azo groups is 1. The van der Waals surface area contributed by atoms with Crippen LogP contribution in [0.25, 0.3) is 0 Å². The minimum Gasteiger partial charge on any atom is -0.399 e. The summed E-state index contributed by atoms with van der Waals surface area (Å²) < 4.78 is 0. The molecule has 0 aromatic heterocycles. The maximum Gasteiger partial charge on any atom is 0.167 e. The molecule has 1 heterocycles. The lowest BCUT2D eigenvalue weighted by molar-refractivity contribution is 0.263. The minimum atomic E-state index is -0.179. The number of fused-ring (bicyclic) bond motifs is 1. The molecule has 1 aliphatic rings. The highest BCUT2D eigenvalue weighted by molar-refractivity contribution is 6.30. The largest absolute Gasteiger partial charge is 0.399 e. The van der Waals surface area contributed by atoms with E-state index < -0.39 is 0 Å². The highest BCUT2D eigenvalue weighted by Gasteiger charge is 2.32. The number of nitrogen functional groups attached to an aromatic ring is 1. The lowest BCUT2D eigenvalue weighted by Gasteiger charge is -2.23. The Labute approximate surface area is 128 Å². The third-order valence-corrected chi connectivity index (χ3v) is 3.85. The fraction of sp³-hybridized carbons (Fsp3) is 0.200. The van der Waals surface area contributed by atoms with Gasteiger partial charge in [0.2, 0.25) is 0 Å². The maximum absolute atomic E-state index is 6.10. The predicted octanol–water partition coefficient (Wildman–Crippen LogP) is 4.00. The van der Waals surface area contributed by atoms with Crippen LogP contribution >= 0.6 is 11.6 Å². The van der Waals surface area contributed by atoms with Crippen LogP contribution in [0.3, 0.4) is 0 Å². The van der Waals surface area contributed by atoms with Gasteiger partial charge in [-0.2, -0.15) is 15.2 Å². The van der Waals surface area contributed by atoms with Crippen LogP contribution in [-0.2, 0) is 0 Å². The van der Waals surface area contributed by atoms with Crippen molar-refractivity contribution in [2.45, 2.75) is 6.17 Å². The Bertz CT molecular complexity index is 683. The number of hydrogen-bond acceptors (Lipinski definition) is 5. The van der Waals surface area contributed by atoms with Gasteiger partial charge in [0.1, 0.15) is 0 Å². The van der Waals surface area contributed by atoms with Crippen LogP contribution < -0.4 is 10.7 Å². The van der Waals surface area contributed by atoms with Crippen molar-refractivity contribution in [1.82, 2.24) is 5.01 Å². The van der Waals surface area contributed by atoms with Gasteiger partial charge in [0.15, 0.2) is 6.17 Å². The van der Waals surface area contributed by atoms with E-state index in [-0.39, 0.29) is 6.17 Å². The first kappa shape index (κ1) is 13.9. The molecule has 2 aromatic carbocycles. The molecule has 0 saturated carbocycles. The van der Waals surface area contributed by atoms with Crippen molar-refractivity contribution in [3.63, 3.8) is 0 Å². The van der Waals surface area contributed by atoms with Crippen molar-refractivity contribution < 1.29 is 0 Å². The smallest absolute Gasteiger partial charge is 0.167 e. The van der Waals surface area contributed by atoms with Crippen molar-refractivity contribution in [1.29, 1.82) is 0 Å². The van der Waals surface area contributed by atoms with Gasteiger partial charge in [-0.05, 0) is 42.5 Å². The molecule has 0 fully saturated rings. The lowest BCUT2D eigenvalue weighted by atomic mass is 10.1. The highest BCUT2D eigenvalue weighted by atomic mass is 35.5. The third-order valence-electron chi connectivity index (χ3n) is 3.62. The fourth-order valence-electron chi connectivity index (χ4n) is 2.36. The Hall–Kier alpha value is -2.11. The summed E-state index contributed by atoms with van der Waals surface area (Å²) in [5.41, 5.74) is 9.28. The Kier molecular flexibility index (Phi) is 3.53. The molecule has 0 radical (unpaired) electrons. The lowest BCUT2D eigenvalue weighted by Crippen LogP contribution is -2.32. The monoisotopic (exact) mass is 301 g/mol. The summed E-state index contributed by atoms with van der Waals surface area (Å²) in [5.74, 6) is 0. The molecule has 2 N–H and O–H groups in total. The number of hydrogen-bond donors (Lipinski definition) is 1. The average Bonchev–Trinajstić information content (AvgIpc) is 2.70. The summed E-state index contributed by atoms with van der Waals surface area (Å²) in [6, 6.07) is 13.1. The third kappa shape index (κ3) is 2.57. The second-order valence-corrected chi connectivity index (χ2v) is 5.42. The summed E-state index contributed by atoms with van der Waals surface area (Å²) in [6.45, 7) is 0. The molecule has 3 rings (SSSR count). The fourth-order valence-corrected chi connectivity index (χ4v) is 2.54. The van der Waals surface area contributed by atoms with Crippen molar-refractivity contribution in [3.05, 3.63) is 53.1 Å². The number of rotatable bonds is 2. The summed E-state index contributed by atoms with van der Waals surface area (Å²) in [7, 11) is 3.96. The molecule has 0 spiro atoms. The summed E-state index contributed by atoms with van der Waals surface area (Å²) in [5, 5.41) is 13.5. The van der Waals surface area contributed by atoms with Gasteiger partial charge >= 0.3 is 0 Å². The molecule has 1 unspecified atom stereocenters. The number of benzene rings is 2. The Morgan fingerprint density at radius 3 is 2.52 bits per heavy atom. The molecule has 0 bridgehead atoms. The summed E-state index contributed by atoms with van der Waals surface area (Å²) >= 11 is 6.10. The first-order chi connectivity index (χ1) is 10.1. The number of halogens is 1. The zero-order valence-electron chi connectivity index (χ0n) is 11.9. The van der Waals surface area contributed by atoms with Gasteiger partial charge in [-0.15, -0.1) is 0 Å². The molecular formula is C15H16ClN5. The van der Waals surface area contributed by atoms with Gasteiger partial charge in [0, 0.05) is 30.4 Å². The van der Waals surface area contributed by atoms with E-state index in [9.17, 15) is 0 Å². The molecule has 21 heavy (non-hydrogen) atoms. The summed E-state index contributed by atoms with van der Waals surface area (Å²) in [4.78, 5) is 0. The van der Waals surface area contributed by atoms with E-state index in [1.54, 1.807) is 0 Å². The topological polar surface area (TPSA) is 57.2 Å². The Morgan fingerprint density at radius 2 is 1.81 bits per heavy atom. The Morgan fingerprint density at radius 1 is 1.10 bits per heavy atom. The van der Waals surface area contributed by atoms with Gasteiger partial charge in [0.25, 0.3) is 0 Å².